The van der Waals surface area contributed by atoms with Gasteiger partial charge >= 0.3 is 0 Å². The molecule has 2 fully saturated rings. The van der Waals surface area contributed by atoms with Gasteiger partial charge in [-0.25, -0.2) is 5.32 Å². The molecule has 0 aromatic rings. The van der Waals surface area contributed by atoms with Gasteiger partial charge in [0.15, 0.2) is 0 Å². The summed E-state index contributed by atoms with van der Waals surface area (Å²) in [6, 6.07) is 0.303. The molecule has 1 radical (unpaired) electrons. The van der Waals surface area contributed by atoms with Gasteiger partial charge in [0, 0.05) is 6.54 Å². The Bertz CT molecular complexity index is 114. The Morgan fingerprint density at radius 2 is 2.22 bits per heavy atom. The molecule has 0 amide bonds. The van der Waals surface area contributed by atoms with Crippen LogP contribution in [0.2, 0.25) is 0 Å². The molecule has 1 heterocycles. The first-order valence-corrected chi connectivity index (χ1v) is 3.70. The largest absolute Gasteiger partial charge is 0.388 e. The summed E-state index contributed by atoms with van der Waals surface area (Å²) in [7, 11) is 0. The van der Waals surface area contributed by atoms with E-state index in [4.69, 9.17) is 0 Å². The van der Waals surface area contributed by atoms with Gasteiger partial charge in [-0.05, 0) is 25.7 Å². The fourth-order valence-electron chi connectivity index (χ4n) is 1.52. The summed E-state index contributed by atoms with van der Waals surface area (Å²) in [5.41, 5.74) is -0.337. The van der Waals surface area contributed by atoms with Crippen molar-refractivity contribution in [3.8, 4) is 0 Å². The van der Waals surface area contributed by atoms with Crippen molar-refractivity contribution >= 4 is 0 Å². The van der Waals surface area contributed by atoms with E-state index in [1.54, 1.807) is 0 Å². The zero-order valence-electron chi connectivity index (χ0n) is 5.51. The predicted octanol–water partition coefficient (Wildman–Crippen LogP) is 0.278. The van der Waals surface area contributed by atoms with Crippen molar-refractivity contribution in [2.45, 2.75) is 37.3 Å². The van der Waals surface area contributed by atoms with Crippen LogP contribution in [-0.4, -0.2) is 23.3 Å². The smallest absolute Gasteiger partial charge is 0.0818 e. The second kappa shape index (κ2) is 1.70. The molecular weight excluding hydrogens is 114 g/mol. The molecule has 2 rings (SSSR count). The number of nitrogens with zero attached hydrogens (tertiary/aromatic N) is 1. The van der Waals surface area contributed by atoms with Gasteiger partial charge in [0.1, 0.15) is 0 Å². The predicted molar refractivity (Wildman–Crippen MR) is 34.2 cm³/mol. The summed E-state index contributed by atoms with van der Waals surface area (Å²) in [5.74, 6) is 0. The van der Waals surface area contributed by atoms with Crippen LogP contribution in [0.5, 0.6) is 0 Å². The molecule has 0 spiro atoms. The summed E-state index contributed by atoms with van der Waals surface area (Å²) < 4.78 is 0. The molecule has 1 saturated carbocycles. The van der Waals surface area contributed by atoms with E-state index in [9.17, 15) is 5.11 Å². The standard InChI is InChI=1S/C7H12NO/c9-7(3-4-7)6-2-1-5-8-6/h6,9H,1-5H2. The second-order valence-electron chi connectivity index (χ2n) is 3.17. The van der Waals surface area contributed by atoms with Crippen LogP contribution in [0.4, 0.5) is 0 Å². The average molecular weight is 126 g/mol. The second-order valence-corrected chi connectivity index (χ2v) is 3.17. The van der Waals surface area contributed by atoms with Crippen molar-refractivity contribution in [2.24, 2.45) is 0 Å². The van der Waals surface area contributed by atoms with Crippen molar-refractivity contribution in [2.75, 3.05) is 6.54 Å². The minimum Gasteiger partial charge on any atom is -0.388 e. The number of rotatable bonds is 1. The highest BCUT2D eigenvalue weighted by molar-refractivity contribution is 5.04. The lowest BCUT2D eigenvalue weighted by molar-refractivity contribution is 0.109. The van der Waals surface area contributed by atoms with Gasteiger partial charge in [0.2, 0.25) is 0 Å². The summed E-state index contributed by atoms with van der Waals surface area (Å²) >= 11 is 0. The first-order valence-electron chi connectivity index (χ1n) is 3.70. The fraction of sp³-hybridized carbons (Fsp3) is 1.00. The van der Waals surface area contributed by atoms with E-state index in [1.807, 2.05) is 0 Å². The fourth-order valence-corrected chi connectivity index (χ4v) is 1.52. The van der Waals surface area contributed by atoms with Crippen molar-refractivity contribution in [3.63, 3.8) is 0 Å². The minimum absolute atomic E-state index is 0.303. The molecule has 51 valence electrons. The average Bonchev–Trinajstić information content (AvgIpc) is 2.46. The molecule has 2 nitrogen and oxygen atoms in total. The van der Waals surface area contributed by atoms with E-state index >= 15 is 0 Å². The molecule has 2 heteroatoms. The van der Waals surface area contributed by atoms with Crippen molar-refractivity contribution in [1.29, 1.82) is 0 Å². The highest BCUT2D eigenvalue weighted by Gasteiger charge is 2.48. The van der Waals surface area contributed by atoms with Crippen LogP contribution in [0.3, 0.4) is 0 Å². The Kier molecular flexibility index (Phi) is 1.08. The van der Waals surface area contributed by atoms with Crippen LogP contribution in [-0.2, 0) is 0 Å². The molecule has 1 aliphatic carbocycles. The lowest BCUT2D eigenvalue weighted by Crippen LogP contribution is -2.31. The van der Waals surface area contributed by atoms with Crippen LogP contribution >= 0.6 is 0 Å². The first kappa shape index (κ1) is 5.69. The molecule has 0 aromatic carbocycles. The van der Waals surface area contributed by atoms with Gasteiger partial charge in [-0.15, -0.1) is 0 Å². The van der Waals surface area contributed by atoms with E-state index in [-0.39, 0.29) is 5.60 Å². The van der Waals surface area contributed by atoms with Gasteiger partial charge in [-0.3, -0.25) is 0 Å². The van der Waals surface area contributed by atoms with Crippen LogP contribution in [0.25, 0.3) is 0 Å². The van der Waals surface area contributed by atoms with E-state index in [1.165, 1.54) is 6.42 Å². The highest BCUT2D eigenvalue weighted by atomic mass is 16.3. The Hall–Kier alpha value is -0.0800. The molecule has 1 saturated heterocycles. The molecular formula is C7H12NO. The molecule has 1 atom stereocenters. The van der Waals surface area contributed by atoms with Crippen LogP contribution in [0.15, 0.2) is 0 Å². The summed E-state index contributed by atoms with van der Waals surface area (Å²) in [4.78, 5) is 0. The van der Waals surface area contributed by atoms with Crippen LogP contribution in [0.1, 0.15) is 25.7 Å². The maximum atomic E-state index is 9.53. The van der Waals surface area contributed by atoms with Gasteiger partial charge in [0.05, 0.1) is 11.6 Å². The molecule has 1 N–H and O–H groups in total. The third-order valence-corrected chi connectivity index (χ3v) is 2.37. The maximum absolute atomic E-state index is 9.53. The highest BCUT2D eigenvalue weighted by Crippen LogP contribution is 2.41. The van der Waals surface area contributed by atoms with E-state index in [2.05, 4.69) is 5.32 Å². The summed E-state index contributed by atoms with van der Waals surface area (Å²) in [5, 5.41) is 13.9. The Morgan fingerprint density at radius 3 is 2.67 bits per heavy atom. The topological polar surface area (TPSA) is 34.3 Å². The Morgan fingerprint density at radius 1 is 1.44 bits per heavy atom. The van der Waals surface area contributed by atoms with Gasteiger partial charge < -0.3 is 5.11 Å². The first-order chi connectivity index (χ1) is 4.31. The summed E-state index contributed by atoms with van der Waals surface area (Å²) in [6.45, 7) is 0.979. The Balaban J connectivity index is 1.97. The van der Waals surface area contributed by atoms with E-state index in [0.29, 0.717) is 6.04 Å². The number of aliphatic hydroxyl groups is 1. The van der Waals surface area contributed by atoms with E-state index in [0.717, 1.165) is 25.8 Å². The van der Waals surface area contributed by atoms with Crippen molar-refractivity contribution < 1.29 is 5.11 Å². The Labute approximate surface area is 55.3 Å². The van der Waals surface area contributed by atoms with Crippen LogP contribution < -0.4 is 5.32 Å². The van der Waals surface area contributed by atoms with Gasteiger partial charge in [-0.2, -0.15) is 0 Å². The van der Waals surface area contributed by atoms with Crippen molar-refractivity contribution in [3.05, 3.63) is 0 Å². The molecule has 0 aromatic heterocycles. The third kappa shape index (κ3) is 0.864. The molecule has 0 bridgehead atoms. The zero-order valence-corrected chi connectivity index (χ0v) is 5.51. The van der Waals surface area contributed by atoms with Crippen molar-refractivity contribution in [1.82, 2.24) is 5.32 Å². The molecule has 1 unspecified atom stereocenters. The molecule has 9 heavy (non-hydrogen) atoms. The summed E-state index contributed by atoms with van der Waals surface area (Å²) in [6.07, 6.45) is 4.28. The minimum atomic E-state index is -0.337. The van der Waals surface area contributed by atoms with Gasteiger partial charge in [-0.1, -0.05) is 0 Å². The van der Waals surface area contributed by atoms with Crippen LogP contribution in [0, 0.1) is 0 Å². The SMILES string of the molecule is OC1(C2CCC[N]2)CC1. The number of hydrogen-bond acceptors (Lipinski definition) is 1. The maximum Gasteiger partial charge on any atom is 0.0818 e. The lowest BCUT2D eigenvalue weighted by atomic mass is 10.1. The third-order valence-electron chi connectivity index (χ3n) is 2.37. The lowest BCUT2D eigenvalue weighted by Gasteiger charge is -2.14. The number of hydrogen-bond donors (Lipinski definition) is 1. The normalized spacial score (nSPS) is 39.0. The monoisotopic (exact) mass is 126 g/mol. The van der Waals surface area contributed by atoms with E-state index < -0.39 is 0 Å². The molecule has 2 aliphatic rings. The zero-order chi connectivity index (χ0) is 6.32. The van der Waals surface area contributed by atoms with Gasteiger partial charge in [0.25, 0.3) is 0 Å². The molecule has 1 aliphatic heterocycles. The quantitative estimate of drug-likeness (QED) is 0.538.